The zero-order valence-corrected chi connectivity index (χ0v) is 16.9. The van der Waals surface area contributed by atoms with Crippen molar-refractivity contribution in [2.45, 2.75) is 25.8 Å². The normalized spacial score (nSPS) is 13.8. The van der Waals surface area contributed by atoms with Crippen LogP contribution in [0.25, 0.3) is 16.6 Å². The van der Waals surface area contributed by atoms with Crippen LogP contribution in [-0.2, 0) is 17.8 Å². The number of likely N-dealkylation sites (N-methyl/N-ethyl adjacent to an activating group) is 1. The minimum absolute atomic E-state index is 0.0948. The number of aliphatic hydroxyl groups excluding tert-OH is 1. The number of aromatic nitrogens is 2. The molecule has 0 bridgehead atoms. The molecule has 150 valence electrons. The van der Waals surface area contributed by atoms with E-state index in [1.807, 2.05) is 48.5 Å². The Morgan fingerprint density at radius 3 is 2.69 bits per heavy atom. The molecule has 1 aliphatic rings. The SMILES string of the molecule is CN(C)CCc1ccc(NC(=O)CC2=C(O)CCn3c2nc2ccccc23)cc1. The largest absolute Gasteiger partial charge is 0.512 e. The average Bonchev–Trinajstić information content (AvgIpc) is 3.08. The van der Waals surface area contributed by atoms with Gasteiger partial charge in [0.1, 0.15) is 11.6 Å². The van der Waals surface area contributed by atoms with Crippen LogP contribution >= 0.6 is 0 Å². The summed E-state index contributed by atoms with van der Waals surface area (Å²) in [7, 11) is 4.11. The highest BCUT2D eigenvalue weighted by atomic mass is 16.3. The molecular weight excluding hydrogens is 364 g/mol. The Bertz CT molecular complexity index is 1060. The number of carbonyl (C=O) groups is 1. The molecule has 0 spiro atoms. The van der Waals surface area contributed by atoms with Crippen molar-refractivity contribution in [1.29, 1.82) is 0 Å². The third-order valence-corrected chi connectivity index (χ3v) is 5.27. The average molecular weight is 390 g/mol. The summed E-state index contributed by atoms with van der Waals surface area (Å²) < 4.78 is 2.08. The Hall–Kier alpha value is -3.12. The van der Waals surface area contributed by atoms with Gasteiger partial charge < -0.3 is 19.9 Å². The molecule has 6 nitrogen and oxygen atoms in total. The van der Waals surface area contributed by atoms with Gasteiger partial charge in [-0.05, 0) is 50.3 Å². The number of hydrogen-bond donors (Lipinski definition) is 2. The Morgan fingerprint density at radius 2 is 1.93 bits per heavy atom. The third-order valence-electron chi connectivity index (χ3n) is 5.27. The van der Waals surface area contributed by atoms with Crippen molar-refractivity contribution in [3.05, 3.63) is 65.7 Å². The second kappa shape index (κ2) is 8.09. The van der Waals surface area contributed by atoms with E-state index in [0.29, 0.717) is 24.4 Å². The topological polar surface area (TPSA) is 70.4 Å². The zero-order valence-electron chi connectivity index (χ0n) is 16.9. The van der Waals surface area contributed by atoms with Gasteiger partial charge in [-0.15, -0.1) is 0 Å². The smallest absolute Gasteiger partial charge is 0.229 e. The number of nitrogens with zero attached hydrogens (tertiary/aromatic N) is 3. The summed E-state index contributed by atoms with van der Waals surface area (Å²) in [4.78, 5) is 19.4. The van der Waals surface area contributed by atoms with Crippen LogP contribution < -0.4 is 5.32 Å². The number of rotatable bonds is 6. The minimum Gasteiger partial charge on any atom is -0.512 e. The van der Waals surface area contributed by atoms with Gasteiger partial charge in [0.05, 0.1) is 17.5 Å². The number of anilines is 1. The summed E-state index contributed by atoms with van der Waals surface area (Å²) in [6.07, 6.45) is 1.58. The van der Waals surface area contributed by atoms with E-state index in [2.05, 4.69) is 33.9 Å². The maximum Gasteiger partial charge on any atom is 0.229 e. The van der Waals surface area contributed by atoms with Gasteiger partial charge in [0.15, 0.2) is 0 Å². The van der Waals surface area contributed by atoms with Gasteiger partial charge in [-0.2, -0.15) is 0 Å². The lowest BCUT2D eigenvalue weighted by atomic mass is 10.0. The molecule has 4 rings (SSSR count). The van der Waals surface area contributed by atoms with Crippen molar-refractivity contribution in [2.24, 2.45) is 0 Å². The van der Waals surface area contributed by atoms with E-state index in [-0.39, 0.29) is 18.1 Å². The van der Waals surface area contributed by atoms with E-state index in [9.17, 15) is 9.90 Å². The maximum atomic E-state index is 12.7. The van der Waals surface area contributed by atoms with Crippen LogP contribution in [0.2, 0.25) is 0 Å². The molecule has 1 amide bonds. The summed E-state index contributed by atoms with van der Waals surface area (Å²) >= 11 is 0. The Labute approximate surface area is 170 Å². The predicted molar refractivity (Wildman–Crippen MR) is 116 cm³/mol. The molecule has 0 unspecified atom stereocenters. The molecule has 0 aliphatic carbocycles. The number of carbonyl (C=O) groups excluding carboxylic acids is 1. The van der Waals surface area contributed by atoms with Crippen LogP contribution in [0.15, 0.2) is 54.3 Å². The lowest BCUT2D eigenvalue weighted by Gasteiger charge is -2.19. The number of hydrogen-bond acceptors (Lipinski definition) is 4. The van der Waals surface area contributed by atoms with E-state index >= 15 is 0 Å². The zero-order chi connectivity index (χ0) is 20.4. The van der Waals surface area contributed by atoms with Crippen molar-refractivity contribution in [1.82, 2.24) is 14.5 Å². The van der Waals surface area contributed by atoms with Crippen molar-refractivity contribution in [3.8, 4) is 0 Å². The van der Waals surface area contributed by atoms with Crippen molar-refractivity contribution in [3.63, 3.8) is 0 Å². The molecular formula is C23H26N4O2. The highest BCUT2D eigenvalue weighted by Gasteiger charge is 2.24. The lowest BCUT2D eigenvalue weighted by molar-refractivity contribution is -0.115. The Morgan fingerprint density at radius 1 is 1.17 bits per heavy atom. The maximum absolute atomic E-state index is 12.7. The van der Waals surface area contributed by atoms with Gasteiger partial charge in [0, 0.05) is 30.8 Å². The summed E-state index contributed by atoms with van der Waals surface area (Å²) in [5.74, 6) is 0.777. The number of amides is 1. The fourth-order valence-corrected chi connectivity index (χ4v) is 3.68. The van der Waals surface area contributed by atoms with Gasteiger partial charge in [-0.25, -0.2) is 4.98 Å². The monoisotopic (exact) mass is 390 g/mol. The predicted octanol–water partition coefficient (Wildman–Crippen LogP) is 3.84. The van der Waals surface area contributed by atoms with Crippen molar-refractivity contribution in [2.75, 3.05) is 26.0 Å². The molecule has 1 aromatic heterocycles. The number of nitrogens with one attached hydrogen (secondary N) is 1. The fraction of sp³-hybridized carbons (Fsp3) is 0.304. The summed E-state index contributed by atoms with van der Waals surface area (Å²) in [5, 5.41) is 13.4. The van der Waals surface area contributed by atoms with Gasteiger partial charge in [-0.3, -0.25) is 4.79 Å². The van der Waals surface area contributed by atoms with Gasteiger partial charge in [0.2, 0.25) is 5.91 Å². The second-order valence-electron chi connectivity index (χ2n) is 7.73. The molecule has 0 fully saturated rings. The standard InChI is InChI=1S/C23H26N4O2/c1-26(2)13-11-16-7-9-17(10-8-16)24-22(29)15-18-21(28)12-14-27-20-6-4-3-5-19(20)25-23(18)27/h3-10,28H,11-15H2,1-2H3,(H,24,29). The minimum atomic E-state index is -0.159. The molecule has 6 heteroatoms. The van der Waals surface area contributed by atoms with E-state index in [1.165, 1.54) is 5.56 Å². The number of imidazole rings is 1. The van der Waals surface area contributed by atoms with Gasteiger partial charge in [0.25, 0.3) is 0 Å². The van der Waals surface area contributed by atoms with Crippen LogP contribution in [0, 0.1) is 0 Å². The van der Waals surface area contributed by atoms with Gasteiger partial charge in [-0.1, -0.05) is 24.3 Å². The first-order valence-corrected chi connectivity index (χ1v) is 9.91. The first kappa shape index (κ1) is 19.2. The van der Waals surface area contributed by atoms with Crippen LogP contribution in [0.3, 0.4) is 0 Å². The van der Waals surface area contributed by atoms with E-state index in [4.69, 9.17) is 0 Å². The van der Waals surface area contributed by atoms with Crippen molar-refractivity contribution < 1.29 is 9.90 Å². The van der Waals surface area contributed by atoms with Crippen LogP contribution in [-0.4, -0.2) is 46.1 Å². The lowest BCUT2D eigenvalue weighted by Crippen LogP contribution is -2.18. The van der Waals surface area contributed by atoms with E-state index < -0.39 is 0 Å². The number of fused-ring (bicyclic) bond motifs is 3. The second-order valence-corrected chi connectivity index (χ2v) is 7.73. The summed E-state index contributed by atoms with van der Waals surface area (Å²) in [6.45, 7) is 1.65. The Balaban J connectivity index is 1.47. The molecule has 2 heterocycles. The molecule has 0 radical (unpaired) electrons. The molecule has 0 atom stereocenters. The van der Waals surface area contributed by atoms with Crippen LogP contribution in [0.5, 0.6) is 0 Å². The van der Waals surface area contributed by atoms with Crippen molar-refractivity contribution >= 4 is 28.2 Å². The third kappa shape index (κ3) is 4.17. The Kier molecular flexibility index (Phi) is 5.36. The number of benzene rings is 2. The molecule has 2 N–H and O–H groups in total. The highest BCUT2D eigenvalue weighted by Crippen LogP contribution is 2.31. The number of para-hydroxylation sites is 2. The molecule has 1 aliphatic heterocycles. The number of aliphatic hydroxyl groups is 1. The fourth-order valence-electron chi connectivity index (χ4n) is 3.68. The first-order valence-electron chi connectivity index (χ1n) is 9.91. The van der Waals surface area contributed by atoms with Gasteiger partial charge >= 0.3 is 0 Å². The number of allylic oxidation sites excluding steroid dienone is 1. The van der Waals surface area contributed by atoms with Crippen LogP contribution in [0.1, 0.15) is 24.2 Å². The van der Waals surface area contributed by atoms with E-state index in [1.54, 1.807) is 0 Å². The quantitative estimate of drug-likeness (QED) is 0.671. The van der Waals surface area contributed by atoms with Crippen LogP contribution in [0.4, 0.5) is 5.69 Å². The summed E-state index contributed by atoms with van der Waals surface area (Å²) in [6, 6.07) is 15.8. The molecule has 0 saturated carbocycles. The first-order chi connectivity index (χ1) is 14.0. The summed E-state index contributed by atoms with van der Waals surface area (Å²) in [5.41, 5.74) is 4.50. The number of aryl methyl sites for hydroxylation is 1. The molecule has 29 heavy (non-hydrogen) atoms. The molecule has 0 saturated heterocycles. The molecule has 3 aromatic rings. The highest BCUT2D eigenvalue weighted by molar-refractivity contribution is 5.98. The molecule has 2 aromatic carbocycles. The van der Waals surface area contributed by atoms with E-state index in [0.717, 1.165) is 29.7 Å².